The van der Waals surface area contributed by atoms with Gasteiger partial charge in [-0.2, -0.15) is 0 Å². The van der Waals surface area contributed by atoms with Gasteiger partial charge in [-0.15, -0.1) is 0 Å². The van der Waals surface area contributed by atoms with Gasteiger partial charge >= 0.3 is 0 Å². The fourth-order valence-electron chi connectivity index (χ4n) is 3.74. The van der Waals surface area contributed by atoms with Crippen LogP contribution in [-0.4, -0.2) is 30.1 Å². The van der Waals surface area contributed by atoms with Crippen molar-refractivity contribution < 1.29 is 0 Å². The Balaban J connectivity index is 1.87. The Kier molecular flexibility index (Phi) is 4.48. The molecule has 2 heteroatoms. The molecule has 2 aliphatic rings. The third kappa shape index (κ3) is 3.23. The molecular formula is C15H30N2. The summed E-state index contributed by atoms with van der Waals surface area (Å²) in [5.74, 6) is 2.02. The van der Waals surface area contributed by atoms with Gasteiger partial charge in [0.15, 0.2) is 0 Å². The monoisotopic (exact) mass is 238 g/mol. The van der Waals surface area contributed by atoms with Gasteiger partial charge in [0.2, 0.25) is 0 Å². The summed E-state index contributed by atoms with van der Waals surface area (Å²) in [6.07, 6.45) is 9.54. The van der Waals surface area contributed by atoms with Gasteiger partial charge in [0, 0.05) is 18.6 Å². The lowest BCUT2D eigenvalue weighted by Crippen LogP contribution is -2.53. The number of piperidine rings is 1. The highest BCUT2D eigenvalue weighted by Gasteiger charge is 2.33. The molecule has 0 bridgehead atoms. The van der Waals surface area contributed by atoms with Gasteiger partial charge in [-0.25, -0.2) is 0 Å². The normalized spacial score (nSPS) is 31.2. The van der Waals surface area contributed by atoms with E-state index in [1.54, 1.807) is 0 Å². The van der Waals surface area contributed by atoms with Crippen LogP contribution in [0.15, 0.2) is 0 Å². The molecule has 1 aliphatic carbocycles. The van der Waals surface area contributed by atoms with E-state index in [1.807, 2.05) is 0 Å². The van der Waals surface area contributed by atoms with Crippen LogP contribution in [-0.2, 0) is 0 Å². The summed E-state index contributed by atoms with van der Waals surface area (Å²) in [7, 11) is 0. The van der Waals surface area contributed by atoms with Crippen molar-refractivity contribution in [2.45, 2.75) is 64.3 Å². The molecule has 0 aromatic heterocycles. The van der Waals surface area contributed by atoms with Gasteiger partial charge in [0.25, 0.3) is 0 Å². The maximum atomic E-state index is 6.45. The van der Waals surface area contributed by atoms with Crippen LogP contribution >= 0.6 is 0 Å². The average Bonchev–Trinajstić information content (AvgIpc) is 2.38. The highest BCUT2D eigenvalue weighted by Crippen LogP contribution is 2.36. The zero-order valence-corrected chi connectivity index (χ0v) is 11.8. The van der Waals surface area contributed by atoms with Crippen molar-refractivity contribution in [3.8, 4) is 0 Å². The summed E-state index contributed by atoms with van der Waals surface area (Å²) >= 11 is 0. The molecule has 1 aliphatic heterocycles. The Hall–Kier alpha value is -0.0800. The second-order valence-corrected chi connectivity index (χ2v) is 6.40. The van der Waals surface area contributed by atoms with Crippen LogP contribution in [0, 0.1) is 11.8 Å². The fraction of sp³-hybridized carbons (Fsp3) is 1.00. The Morgan fingerprint density at radius 1 is 1.06 bits per heavy atom. The van der Waals surface area contributed by atoms with Crippen LogP contribution in [0.3, 0.4) is 0 Å². The van der Waals surface area contributed by atoms with Gasteiger partial charge < -0.3 is 10.6 Å². The summed E-state index contributed by atoms with van der Waals surface area (Å²) in [5.41, 5.74) is 6.51. The molecule has 1 saturated carbocycles. The molecule has 0 spiro atoms. The first-order valence-corrected chi connectivity index (χ1v) is 7.68. The molecule has 1 heterocycles. The van der Waals surface area contributed by atoms with Gasteiger partial charge in [0.05, 0.1) is 0 Å². The molecule has 0 aromatic carbocycles. The van der Waals surface area contributed by atoms with E-state index in [2.05, 4.69) is 18.7 Å². The van der Waals surface area contributed by atoms with Crippen LogP contribution in [0.5, 0.6) is 0 Å². The average molecular weight is 238 g/mol. The molecule has 100 valence electrons. The Labute approximate surface area is 107 Å². The van der Waals surface area contributed by atoms with E-state index >= 15 is 0 Å². The first-order valence-electron chi connectivity index (χ1n) is 7.68. The highest BCUT2D eigenvalue weighted by molar-refractivity contribution is 4.89. The molecule has 2 rings (SSSR count). The molecule has 1 saturated heterocycles. The second kappa shape index (κ2) is 5.71. The van der Waals surface area contributed by atoms with Crippen molar-refractivity contribution in [3.63, 3.8) is 0 Å². The van der Waals surface area contributed by atoms with Gasteiger partial charge in [0.1, 0.15) is 0 Å². The predicted octanol–water partition coefficient (Wildman–Crippen LogP) is 3.02. The first kappa shape index (κ1) is 13.4. The quantitative estimate of drug-likeness (QED) is 0.816. The molecule has 0 aromatic rings. The van der Waals surface area contributed by atoms with E-state index in [0.717, 1.165) is 31.2 Å². The largest absolute Gasteiger partial charge is 0.324 e. The number of hydrogen-bond acceptors (Lipinski definition) is 2. The zero-order chi connectivity index (χ0) is 12.3. The van der Waals surface area contributed by atoms with E-state index < -0.39 is 0 Å². The van der Waals surface area contributed by atoms with E-state index in [0.29, 0.717) is 0 Å². The van der Waals surface area contributed by atoms with Crippen LogP contribution in [0.2, 0.25) is 0 Å². The van der Waals surface area contributed by atoms with Crippen LogP contribution in [0.1, 0.15) is 58.8 Å². The summed E-state index contributed by atoms with van der Waals surface area (Å²) < 4.78 is 0. The molecule has 2 unspecified atom stereocenters. The summed E-state index contributed by atoms with van der Waals surface area (Å²) in [6, 6.07) is 0. The van der Waals surface area contributed by atoms with Crippen LogP contribution in [0.4, 0.5) is 0 Å². The number of fused-ring (bicyclic) bond motifs is 1. The van der Waals surface area contributed by atoms with Crippen molar-refractivity contribution in [3.05, 3.63) is 0 Å². The van der Waals surface area contributed by atoms with E-state index in [-0.39, 0.29) is 5.54 Å². The van der Waals surface area contributed by atoms with E-state index in [1.165, 1.54) is 45.2 Å². The number of rotatable bonds is 4. The van der Waals surface area contributed by atoms with Crippen molar-refractivity contribution in [1.82, 2.24) is 4.90 Å². The van der Waals surface area contributed by atoms with E-state index in [9.17, 15) is 0 Å². The maximum absolute atomic E-state index is 6.45. The maximum Gasteiger partial charge on any atom is 0.0278 e. The van der Waals surface area contributed by atoms with Gasteiger partial charge in [-0.3, -0.25) is 0 Å². The van der Waals surface area contributed by atoms with Crippen molar-refractivity contribution in [2.24, 2.45) is 17.6 Å². The zero-order valence-electron chi connectivity index (χ0n) is 11.8. The molecule has 2 atom stereocenters. The minimum absolute atomic E-state index is 0.0570. The predicted molar refractivity (Wildman–Crippen MR) is 74.0 cm³/mol. The Bertz CT molecular complexity index is 235. The summed E-state index contributed by atoms with van der Waals surface area (Å²) in [4.78, 5) is 2.65. The van der Waals surface area contributed by atoms with Crippen LogP contribution < -0.4 is 5.73 Å². The molecule has 2 N–H and O–H groups in total. The lowest BCUT2D eigenvalue weighted by molar-refractivity contribution is 0.0686. The van der Waals surface area contributed by atoms with Crippen LogP contribution in [0.25, 0.3) is 0 Å². The first-order chi connectivity index (χ1) is 8.17. The standard InChI is InChI=1S/C15H30N2/c1-3-15(16,4-2)12-17-10-9-13-7-5-6-8-14(13)11-17/h13-14H,3-12,16H2,1-2H3. The third-order valence-electron chi connectivity index (χ3n) is 5.32. The minimum atomic E-state index is 0.0570. The lowest BCUT2D eigenvalue weighted by Gasteiger charge is -2.44. The molecule has 2 nitrogen and oxygen atoms in total. The van der Waals surface area contributed by atoms with Gasteiger partial charge in [-0.05, 0) is 44.1 Å². The highest BCUT2D eigenvalue weighted by atomic mass is 15.2. The summed E-state index contributed by atoms with van der Waals surface area (Å²) in [5, 5.41) is 0. The smallest absolute Gasteiger partial charge is 0.0278 e. The Morgan fingerprint density at radius 2 is 1.71 bits per heavy atom. The molecule has 0 radical (unpaired) electrons. The van der Waals surface area contributed by atoms with Crippen molar-refractivity contribution >= 4 is 0 Å². The Morgan fingerprint density at radius 3 is 2.35 bits per heavy atom. The topological polar surface area (TPSA) is 29.3 Å². The number of likely N-dealkylation sites (tertiary alicyclic amines) is 1. The van der Waals surface area contributed by atoms with E-state index in [4.69, 9.17) is 5.73 Å². The number of nitrogens with two attached hydrogens (primary N) is 1. The third-order valence-corrected chi connectivity index (χ3v) is 5.32. The summed E-state index contributed by atoms with van der Waals surface area (Å²) in [6.45, 7) is 8.20. The fourth-order valence-corrected chi connectivity index (χ4v) is 3.74. The van der Waals surface area contributed by atoms with Crippen molar-refractivity contribution in [2.75, 3.05) is 19.6 Å². The second-order valence-electron chi connectivity index (χ2n) is 6.40. The van der Waals surface area contributed by atoms with Crippen molar-refractivity contribution in [1.29, 1.82) is 0 Å². The lowest BCUT2D eigenvalue weighted by atomic mass is 9.75. The molecule has 2 fully saturated rings. The number of hydrogen-bond donors (Lipinski definition) is 1. The van der Waals surface area contributed by atoms with Gasteiger partial charge in [-0.1, -0.05) is 33.1 Å². The molecule has 0 amide bonds. The minimum Gasteiger partial charge on any atom is -0.324 e. The SMILES string of the molecule is CCC(N)(CC)CN1CCC2CCCCC2C1. The number of nitrogens with zero attached hydrogens (tertiary/aromatic N) is 1. The molecular weight excluding hydrogens is 208 g/mol. The molecule has 17 heavy (non-hydrogen) atoms.